The van der Waals surface area contributed by atoms with Crippen molar-refractivity contribution in [1.82, 2.24) is 9.55 Å². The van der Waals surface area contributed by atoms with Crippen LogP contribution in [0, 0.1) is 10.6 Å². The summed E-state index contributed by atoms with van der Waals surface area (Å²) in [6, 6.07) is 8.92. The third-order valence-corrected chi connectivity index (χ3v) is 7.88. The molecule has 0 bridgehead atoms. The Morgan fingerprint density at radius 3 is 2.53 bits per heavy atom. The fourth-order valence-electron chi connectivity index (χ4n) is 3.73. The molecule has 1 aliphatic rings. The summed E-state index contributed by atoms with van der Waals surface area (Å²) < 4.78 is 65.3. The average Bonchev–Trinajstić information content (AvgIpc) is 3.05. The molecule has 38 heavy (non-hydrogen) atoms. The number of aliphatic hydroxyl groups excluding tert-OH is 1. The van der Waals surface area contributed by atoms with Crippen LogP contribution in [0.25, 0.3) is 0 Å². The first kappa shape index (κ1) is 30.1. The highest BCUT2D eigenvalue weighted by Gasteiger charge is 2.66. The van der Waals surface area contributed by atoms with Gasteiger partial charge < -0.3 is 24.2 Å². The maximum Gasteiger partial charge on any atom is 0.380 e. The van der Waals surface area contributed by atoms with Crippen molar-refractivity contribution in [3.63, 3.8) is 0 Å². The van der Waals surface area contributed by atoms with Gasteiger partial charge in [-0.15, -0.1) is 0 Å². The third kappa shape index (κ3) is 6.56. The van der Waals surface area contributed by atoms with Crippen LogP contribution in [0.2, 0.25) is 0 Å². The second kappa shape index (κ2) is 11.7. The minimum absolute atomic E-state index is 0.00698. The highest BCUT2D eigenvalue weighted by molar-refractivity contribution is 7.71. The topological polar surface area (TPSA) is 149 Å². The van der Waals surface area contributed by atoms with Crippen LogP contribution in [0.15, 0.2) is 47.4 Å². The number of para-hydroxylation sites is 1. The van der Waals surface area contributed by atoms with Crippen LogP contribution < -0.4 is 10.2 Å². The van der Waals surface area contributed by atoms with Gasteiger partial charge in [-0.1, -0.05) is 37.3 Å². The number of aromatic nitrogens is 2. The van der Waals surface area contributed by atoms with Crippen LogP contribution >= 0.6 is 19.8 Å². The summed E-state index contributed by atoms with van der Waals surface area (Å²) in [5.74, 6) is -5.00. The fourth-order valence-corrected chi connectivity index (χ4v) is 5.74. The molecule has 2 heterocycles. The first-order valence-corrected chi connectivity index (χ1v) is 13.7. The summed E-state index contributed by atoms with van der Waals surface area (Å²) in [4.78, 5) is 26.9. The zero-order chi connectivity index (χ0) is 28.3. The van der Waals surface area contributed by atoms with Crippen LogP contribution in [-0.2, 0) is 23.4 Å². The Balaban J connectivity index is 1.89. The Bertz CT molecular complexity index is 1290. The first-order chi connectivity index (χ1) is 17.7. The molecule has 0 spiro atoms. The van der Waals surface area contributed by atoms with Gasteiger partial charge in [0.15, 0.2) is 17.9 Å². The normalized spacial score (nSPS) is 27.6. The van der Waals surface area contributed by atoms with Crippen molar-refractivity contribution >= 4 is 25.8 Å². The van der Waals surface area contributed by atoms with Gasteiger partial charge in [-0.25, -0.2) is 18.1 Å². The number of halogens is 2. The molecule has 1 aliphatic heterocycles. The standard InChI is InChI=1S/C23H29F2N2O9PS/c1-14(2)34-18(28)15(3)11-37(32,36-16-7-5-4-6-8-16)33-13-23(25)19(29)22(31,12-24)20(35-23)27-10-9-17(38)26-21(27)30/h4-10,14-15,19-20,29,31H,11-13H2,1-3H3,(H,26,30,38)/t15-,19-,20-,22?,23-,37?/m1/s1. The Labute approximate surface area is 221 Å². The number of aliphatic hydroxyl groups is 2. The number of alkyl halides is 2. The minimum Gasteiger partial charge on any atom is -0.463 e. The predicted octanol–water partition coefficient (Wildman–Crippen LogP) is 3.04. The van der Waals surface area contributed by atoms with E-state index >= 15 is 4.39 Å². The lowest BCUT2D eigenvalue weighted by atomic mass is 9.94. The van der Waals surface area contributed by atoms with Gasteiger partial charge in [-0.05, 0) is 32.0 Å². The number of benzene rings is 1. The van der Waals surface area contributed by atoms with Gasteiger partial charge in [-0.3, -0.25) is 18.9 Å². The number of esters is 1. The Hall–Kier alpha value is -2.48. The van der Waals surface area contributed by atoms with Crippen molar-refractivity contribution in [3.05, 3.63) is 57.7 Å². The van der Waals surface area contributed by atoms with E-state index in [4.69, 9.17) is 30.7 Å². The van der Waals surface area contributed by atoms with Gasteiger partial charge in [0, 0.05) is 6.20 Å². The lowest BCUT2D eigenvalue weighted by Crippen LogP contribution is -2.53. The van der Waals surface area contributed by atoms with E-state index in [2.05, 4.69) is 4.98 Å². The van der Waals surface area contributed by atoms with Gasteiger partial charge >= 0.3 is 19.3 Å². The molecule has 0 radical (unpaired) electrons. The number of nitrogens with zero attached hydrogens (tertiary/aromatic N) is 1. The van der Waals surface area contributed by atoms with E-state index < -0.39 is 74.5 Å². The summed E-state index contributed by atoms with van der Waals surface area (Å²) in [5, 5.41) is 21.4. The van der Waals surface area contributed by atoms with E-state index in [1.54, 1.807) is 32.0 Å². The fraction of sp³-hybridized carbons (Fsp3) is 0.522. The third-order valence-electron chi connectivity index (χ3n) is 5.63. The lowest BCUT2D eigenvalue weighted by Gasteiger charge is -2.29. The van der Waals surface area contributed by atoms with Gasteiger partial charge in [0.25, 0.3) is 5.85 Å². The molecule has 1 saturated heterocycles. The van der Waals surface area contributed by atoms with Gasteiger partial charge in [0.1, 0.15) is 23.7 Å². The second-order valence-electron chi connectivity index (χ2n) is 9.16. The molecule has 1 fully saturated rings. The van der Waals surface area contributed by atoms with E-state index in [1.165, 1.54) is 25.1 Å². The van der Waals surface area contributed by atoms with Crippen molar-refractivity contribution in [2.45, 2.75) is 50.7 Å². The maximum atomic E-state index is 15.9. The quantitative estimate of drug-likeness (QED) is 0.206. The number of nitrogens with one attached hydrogen (secondary N) is 1. The van der Waals surface area contributed by atoms with Gasteiger partial charge in [-0.2, -0.15) is 0 Å². The number of aromatic amines is 1. The Morgan fingerprint density at radius 2 is 1.95 bits per heavy atom. The van der Waals surface area contributed by atoms with E-state index in [-0.39, 0.29) is 10.4 Å². The van der Waals surface area contributed by atoms with Crippen LogP contribution in [0.1, 0.15) is 27.0 Å². The number of carbonyl (C=O) groups is 1. The molecular formula is C23H29F2N2O9PS. The SMILES string of the molecule is CC(C)OC(=O)[C@H](C)CP(=O)(OC[C@@]1(F)O[C@@H](n2ccc(=S)[nH]c2=O)C(O)(CF)[C@H]1O)Oc1ccccc1. The second-order valence-corrected chi connectivity index (χ2v) is 11.6. The van der Waals surface area contributed by atoms with Gasteiger partial charge in [0.2, 0.25) is 0 Å². The number of ether oxygens (including phenoxy) is 2. The smallest absolute Gasteiger partial charge is 0.380 e. The van der Waals surface area contributed by atoms with Crippen LogP contribution in [0.5, 0.6) is 5.75 Å². The zero-order valence-electron chi connectivity index (χ0n) is 20.8. The minimum atomic E-state index is -4.37. The molecule has 2 aromatic rings. The molecule has 11 nitrogen and oxygen atoms in total. The van der Waals surface area contributed by atoms with E-state index in [0.717, 1.165) is 6.20 Å². The van der Waals surface area contributed by atoms with Crippen molar-refractivity contribution in [2.75, 3.05) is 19.4 Å². The van der Waals surface area contributed by atoms with Crippen molar-refractivity contribution in [2.24, 2.45) is 5.92 Å². The van der Waals surface area contributed by atoms with Crippen molar-refractivity contribution in [1.29, 1.82) is 0 Å². The van der Waals surface area contributed by atoms with Crippen molar-refractivity contribution in [3.8, 4) is 5.75 Å². The molecule has 3 N–H and O–H groups in total. The molecule has 0 amide bonds. The monoisotopic (exact) mass is 578 g/mol. The van der Waals surface area contributed by atoms with Gasteiger partial charge in [0.05, 0.1) is 18.2 Å². The van der Waals surface area contributed by atoms with Crippen molar-refractivity contribution < 1.29 is 46.9 Å². The summed E-state index contributed by atoms with van der Waals surface area (Å²) in [6.45, 7) is 1.62. The van der Waals surface area contributed by atoms with E-state index in [0.29, 0.717) is 4.57 Å². The molecule has 2 unspecified atom stereocenters. The molecule has 3 rings (SSSR count). The molecular weight excluding hydrogens is 549 g/mol. The van der Waals surface area contributed by atoms with Crippen LogP contribution in [0.4, 0.5) is 8.78 Å². The van der Waals surface area contributed by atoms with E-state index in [1.807, 2.05) is 0 Å². The highest BCUT2D eigenvalue weighted by atomic mass is 32.1. The summed E-state index contributed by atoms with van der Waals surface area (Å²) in [5.41, 5.74) is -3.90. The molecule has 6 atom stereocenters. The number of hydrogen-bond donors (Lipinski definition) is 3. The number of rotatable bonds is 11. The highest BCUT2D eigenvalue weighted by Crippen LogP contribution is 2.53. The summed E-state index contributed by atoms with van der Waals surface area (Å²) in [7, 11) is -4.37. The molecule has 0 aliphatic carbocycles. The first-order valence-electron chi connectivity index (χ1n) is 11.6. The van der Waals surface area contributed by atoms with Crippen LogP contribution in [0.3, 0.4) is 0 Å². The Kier molecular flexibility index (Phi) is 9.28. The molecule has 1 aromatic carbocycles. The predicted molar refractivity (Wildman–Crippen MR) is 133 cm³/mol. The summed E-state index contributed by atoms with van der Waals surface area (Å²) in [6.07, 6.45) is -4.62. The van der Waals surface area contributed by atoms with E-state index in [9.17, 15) is 28.8 Å². The number of H-pyrrole nitrogens is 1. The summed E-state index contributed by atoms with van der Waals surface area (Å²) >= 11 is 4.83. The Morgan fingerprint density at radius 1 is 1.29 bits per heavy atom. The molecule has 0 saturated carbocycles. The lowest BCUT2D eigenvalue weighted by molar-refractivity contribution is -0.203. The van der Waals surface area contributed by atoms with Crippen LogP contribution in [-0.4, -0.2) is 68.8 Å². The number of hydrogen-bond acceptors (Lipinski definition) is 10. The number of carbonyl (C=O) groups excluding carboxylic acids is 1. The maximum absolute atomic E-state index is 15.9. The largest absolute Gasteiger partial charge is 0.463 e. The molecule has 210 valence electrons. The zero-order valence-corrected chi connectivity index (χ0v) is 22.5. The molecule has 15 heteroatoms. The average molecular weight is 579 g/mol. The molecule has 1 aromatic heterocycles.